The van der Waals surface area contributed by atoms with Gasteiger partial charge in [-0.3, -0.25) is 14.0 Å². The van der Waals surface area contributed by atoms with Crippen molar-refractivity contribution < 1.29 is 9.00 Å². The van der Waals surface area contributed by atoms with Crippen molar-refractivity contribution in [3.63, 3.8) is 0 Å². The maximum absolute atomic E-state index is 12.2. The Bertz CT molecular complexity index is 924. The molecule has 148 valence electrons. The number of anilines is 1. The second kappa shape index (κ2) is 8.61. The number of rotatable bonds is 7. The third-order valence-electron chi connectivity index (χ3n) is 5.00. The third-order valence-corrected chi connectivity index (χ3v) is 6.85. The van der Waals surface area contributed by atoms with E-state index in [4.69, 9.17) is 0 Å². The van der Waals surface area contributed by atoms with E-state index in [0.29, 0.717) is 43.1 Å². The standard InChI is InChI=1S/C22H27N3O2S/c1-4-22(26)19-10-11-20(23-16-19)17-25(21-8-6-5-7-9-21)18(2)24-12-14-28(3,27)15-13-24/h5-11,16H,2-4,12-15,17H2,1H3. The van der Waals surface area contributed by atoms with E-state index in [1.165, 1.54) is 0 Å². The zero-order valence-corrected chi connectivity index (χ0v) is 17.2. The number of carbonyl (C=O) groups excluding carboxylic acids is 1. The molecule has 0 unspecified atom stereocenters. The minimum Gasteiger partial charge on any atom is -0.357 e. The van der Waals surface area contributed by atoms with Gasteiger partial charge in [0, 0.05) is 48.5 Å². The molecule has 3 rings (SSSR count). The fraction of sp³-hybridized carbons (Fsp3) is 0.318. The first kappa shape index (κ1) is 20.1. The predicted octanol–water partition coefficient (Wildman–Crippen LogP) is 3.18. The topological polar surface area (TPSA) is 53.5 Å². The summed E-state index contributed by atoms with van der Waals surface area (Å²) in [5.41, 5.74) is 2.51. The van der Waals surface area contributed by atoms with Crippen molar-refractivity contribution in [1.29, 1.82) is 0 Å². The van der Waals surface area contributed by atoms with Crippen molar-refractivity contribution in [3.05, 3.63) is 72.3 Å². The summed E-state index contributed by atoms with van der Waals surface area (Å²) >= 11 is 0. The van der Waals surface area contributed by atoms with Gasteiger partial charge in [0.05, 0.1) is 12.2 Å². The lowest BCUT2D eigenvalue weighted by atomic mass is 10.1. The lowest BCUT2D eigenvalue weighted by Crippen LogP contribution is -2.44. The Balaban J connectivity index is 1.82. The molecule has 2 aromatic rings. The van der Waals surface area contributed by atoms with E-state index in [2.05, 4.69) is 27.2 Å². The molecule has 28 heavy (non-hydrogen) atoms. The zero-order valence-electron chi connectivity index (χ0n) is 16.3. The number of para-hydroxylation sites is 1. The van der Waals surface area contributed by atoms with Gasteiger partial charge in [-0.25, -0.2) is 0 Å². The highest BCUT2D eigenvalue weighted by Gasteiger charge is 2.23. The van der Waals surface area contributed by atoms with Gasteiger partial charge in [0.1, 0.15) is 5.82 Å². The fourth-order valence-electron chi connectivity index (χ4n) is 3.18. The van der Waals surface area contributed by atoms with Crippen molar-refractivity contribution >= 4 is 26.9 Å². The minimum atomic E-state index is -1.96. The fourth-order valence-corrected chi connectivity index (χ4v) is 4.49. The van der Waals surface area contributed by atoms with Crippen LogP contribution in [-0.2, 0) is 16.1 Å². The van der Waals surface area contributed by atoms with E-state index < -0.39 is 9.52 Å². The summed E-state index contributed by atoms with van der Waals surface area (Å²) in [5, 5.41) is 0. The molecule has 0 spiro atoms. The molecule has 0 aliphatic carbocycles. The Morgan fingerprint density at radius 2 is 1.86 bits per heavy atom. The maximum atomic E-state index is 12.2. The molecule has 0 N–H and O–H groups in total. The molecule has 0 saturated carbocycles. The Morgan fingerprint density at radius 3 is 2.43 bits per heavy atom. The maximum Gasteiger partial charge on any atom is 0.164 e. The summed E-state index contributed by atoms with van der Waals surface area (Å²) in [6.07, 6.45) is 2.12. The van der Waals surface area contributed by atoms with Crippen LogP contribution < -0.4 is 4.90 Å². The van der Waals surface area contributed by atoms with Gasteiger partial charge in [-0.15, -0.1) is 0 Å². The number of Topliss-reactive ketones (excluding diaryl/α,β-unsaturated/α-hetero) is 1. The Labute approximate surface area is 167 Å². The molecule has 1 aromatic heterocycles. The van der Waals surface area contributed by atoms with Gasteiger partial charge in [-0.05, 0) is 39.7 Å². The molecular weight excluding hydrogens is 370 g/mol. The second-order valence-corrected chi connectivity index (χ2v) is 9.76. The van der Waals surface area contributed by atoms with Crippen LogP contribution >= 0.6 is 0 Å². The first-order valence-corrected chi connectivity index (χ1v) is 11.5. The first-order valence-electron chi connectivity index (χ1n) is 9.47. The van der Waals surface area contributed by atoms with Crippen molar-refractivity contribution in [1.82, 2.24) is 9.88 Å². The van der Waals surface area contributed by atoms with Gasteiger partial charge in [0.25, 0.3) is 0 Å². The molecule has 2 heterocycles. The van der Waals surface area contributed by atoms with E-state index in [-0.39, 0.29) is 5.78 Å². The molecule has 0 amide bonds. The SMILES string of the molecule is C=C(N1CCS(=C)(=O)CC1)N(Cc1ccc(C(=O)CC)cn1)c1ccccc1. The molecule has 0 radical (unpaired) electrons. The van der Waals surface area contributed by atoms with E-state index in [1.807, 2.05) is 49.4 Å². The largest absolute Gasteiger partial charge is 0.357 e. The molecule has 1 fully saturated rings. The molecule has 1 aromatic carbocycles. The Morgan fingerprint density at radius 1 is 1.18 bits per heavy atom. The van der Waals surface area contributed by atoms with Gasteiger partial charge in [0.2, 0.25) is 0 Å². The van der Waals surface area contributed by atoms with Crippen molar-refractivity contribution in [2.75, 3.05) is 29.5 Å². The van der Waals surface area contributed by atoms with E-state index >= 15 is 0 Å². The van der Waals surface area contributed by atoms with Gasteiger partial charge in [-0.1, -0.05) is 31.7 Å². The number of benzene rings is 1. The Kier molecular flexibility index (Phi) is 6.19. The van der Waals surface area contributed by atoms with Crippen LogP contribution in [0.25, 0.3) is 0 Å². The van der Waals surface area contributed by atoms with Crippen molar-refractivity contribution in [2.45, 2.75) is 19.9 Å². The van der Waals surface area contributed by atoms with Crippen LogP contribution in [0.3, 0.4) is 0 Å². The van der Waals surface area contributed by atoms with Crippen molar-refractivity contribution in [3.8, 4) is 0 Å². The van der Waals surface area contributed by atoms with Gasteiger partial charge in [-0.2, -0.15) is 0 Å². The number of pyridine rings is 1. The summed E-state index contributed by atoms with van der Waals surface area (Å²) in [5.74, 6) is 5.96. The van der Waals surface area contributed by atoms with Crippen LogP contribution in [0, 0.1) is 0 Å². The zero-order chi connectivity index (χ0) is 20.1. The van der Waals surface area contributed by atoms with Crippen LogP contribution in [0.1, 0.15) is 29.4 Å². The number of aromatic nitrogens is 1. The summed E-state index contributed by atoms with van der Waals surface area (Å²) < 4.78 is 12.2. The highest BCUT2D eigenvalue weighted by Crippen LogP contribution is 2.24. The third kappa shape index (κ3) is 4.81. The van der Waals surface area contributed by atoms with Crippen LogP contribution in [0.5, 0.6) is 0 Å². The smallest absolute Gasteiger partial charge is 0.164 e. The number of ketones is 1. The predicted molar refractivity (Wildman–Crippen MR) is 117 cm³/mol. The normalized spacial score (nSPS) is 15.8. The molecular formula is C22H27N3O2S. The summed E-state index contributed by atoms with van der Waals surface area (Å²) in [7, 11) is -1.96. The van der Waals surface area contributed by atoms with E-state index in [1.54, 1.807) is 6.20 Å². The first-order chi connectivity index (χ1) is 13.4. The number of nitrogens with zero attached hydrogens (tertiary/aromatic N) is 3. The average Bonchev–Trinajstić information content (AvgIpc) is 2.72. The van der Waals surface area contributed by atoms with Gasteiger partial charge < -0.3 is 9.80 Å². The summed E-state index contributed by atoms with van der Waals surface area (Å²) in [6.45, 7) is 8.07. The number of hydrogen-bond donors (Lipinski definition) is 0. The lowest BCUT2D eigenvalue weighted by Gasteiger charge is -2.38. The number of carbonyl (C=O) groups is 1. The van der Waals surface area contributed by atoms with Crippen LogP contribution in [0.4, 0.5) is 5.69 Å². The van der Waals surface area contributed by atoms with Gasteiger partial charge >= 0.3 is 0 Å². The lowest BCUT2D eigenvalue weighted by molar-refractivity contribution is 0.0988. The van der Waals surface area contributed by atoms with Gasteiger partial charge in [0.15, 0.2) is 5.78 Å². The van der Waals surface area contributed by atoms with E-state index in [9.17, 15) is 9.00 Å². The second-order valence-electron chi connectivity index (χ2n) is 7.01. The van der Waals surface area contributed by atoms with Crippen LogP contribution in [0.15, 0.2) is 61.1 Å². The van der Waals surface area contributed by atoms with E-state index in [0.717, 1.165) is 17.2 Å². The molecule has 6 heteroatoms. The molecule has 0 atom stereocenters. The molecule has 5 nitrogen and oxygen atoms in total. The molecule has 1 aliphatic rings. The Hall–Kier alpha value is -2.60. The summed E-state index contributed by atoms with van der Waals surface area (Å²) in [4.78, 5) is 20.6. The highest BCUT2D eigenvalue weighted by molar-refractivity contribution is 8.00. The molecule has 1 saturated heterocycles. The van der Waals surface area contributed by atoms with Crippen LogP contribution in [-0.4, -0.2) is 50.3 Å². The quantitative estimate of drug-likeness (QED) is 0.531. The highest BCUT2D eigenvalue weighted by atomic mass is 32.2. The minimum absolute atomic E-state index is 0.0912. The monoisotopic (exact) mass is 397 g/mol. The summed E-state index contributed by atoms with van der Waals surface area (Å²) in [6, 6.07) is 13.8. The molecule has 1 aliphatic heterocycles. The average molecular weight is 398 g/mol. The molecule has 0 bridgehead atoms. The van der Waals surface area contributed by atoms with Crippen LogP contribution in [0.2, 0.25) is 0 Å². The van der Waals surface area contributed by atoms with Crippen molar-refractivity contribution in [2.24, 2.45) is 0 Å². The number of hydrogen-bond acceptors (Lipinski definition) is 5.